The lowest BCUT2D eigenvalue weighted by Gasteiger charge is -2.13. The van der Waals surface area contributed by atoms with Crippen LogP contribution in [-0.4, -0.2) is 30.0 Å². The van der Waals surface area contributed by atoms with E-state index >= 15 is 0 Å². The Labute approximate surface area is 106 Å². The van der Waals surface area contributed by atoms with Crippen molar-refractivity contribution < 1.29 is 4.79 Å². The highest BCUT2D eigenvalue weighted by molar-refractivity contribution is 8.00. The predicted octanol–water partition coefficient (Wildman–Crippen LogP) is 2.35. The first kappa shape index (κ1) is 12.3. The zero-order valence-electron chi connectivity index (χ0n) is 10.2. The normalized spacial score (nSPS) is 23.4. The Morgan fingerprint density at radius 3 is 2.59 bits per heavy atom. The Balaban J connectivity index is 1.96. The van der Waals surface area contributed by atoms with Crippen molar-refractivity contribution in [3.63, 3.8) is 0 Å². The van der Waals surface area contributed by atoms with Gasteiger partial charge < -0.3 is 10.6 Å². The summed E-state index contributed by atoms with van der Waals surface area (Å²) in [5.74, 6) is 1.12. The third-order valence-corrected chi connectivity index (χ3v) is 4.30. The second kappa shape index (κ2) is 5.45. The van der Waals surface area contributed by atoms with Crippen LogP contribution in [-0.2, 0) is 0 Å². The minimum absolute atomic E-state index is 0.0402. The van der Waals surface area contributed by atoms with Crippen molar-refractivity contribution in [1.82, 2.24) is 5.32 Å². The molecule has 2 unspecified atom stereocenters. The van der Waals surface area contributed by atoms with Crippen molar-refractivity contribution in [3.05, 3.63) is 29.8 Å². The van der Waals surface area contributed by atoms with Crippen LogP contribution >= 0.6 is 11.8 Å². The molecule has 1 saturated heterocycles. The first-order valence-corrected chi connectivity index (χ1v) is 6.94. The summed E-state index contributed by atoms with van der Waals surface area (Å²) in [5, 5.41) is 6.87. The molecule has 0 aliphatic carbocycles. The Bertz CT molecular complexity index is 391. The van der Waals surface area contributed by atoms with E-state index < -0.39 is 0 Å². The summed E-state index contributed by atoms with van der Waals surface area (Å²) in [6.07, 6.45) is 1.21. The van der Waals surface area contributed by atoms with Crippen LogP contribution in [0.25, 0.3) is 0 Å². The van der Waals surface area contributed by atoms with Crippen molar-refractivity contribution in [2.45, 2.75) is 24.6 Å². The number of rotatable bonds is 3. The van der Waals surface area contributed by atoms with Crippen molar-refractivity contribution in [1.29, 1.82) is 0 Å². The summed E-state index contributed by atoms with van der Waals surface area (Å²) in [6.45, 7) is 2.26. The molecule has 17 heavy (non-hydrogen) atoms. The number of carbonyl (C=O) groups excluding carboxylic acids is 1. The van der Waals surface area contributed by atoms with Crippen molar-refractivity contribution in [3.8, 4) is 0 Å². The van der Waals surface area contributed by atoms with Gasteiger partial charge in [0, 0.05) is 35.3 Å². The van der Waals surface area contributed by atoms with E-state index in [-0.39, 0.29) is 5.91 Å². The summed E-state index contributed by atoms with van der Waals surface area (Å²) in [4.78, 5) is 11.4. The SMILES string of the molecule is CNC(=O)c1ccc(NC2CSC(C)C2)cc1. The molecule has 92 valence electrons. The number of hydrogen-bond acceptors (Lipinski definition) is 3. The maximum Gasteiger partial charge on any atom is 0.251 e. The van der Waals surface area contributed by atoms with Crippen molar-refractivity contribution in [2.75, 3.05) is 18.1 Å². The van der Waals surface area contributed by atoms with Crippen LogP contribution in [0.2, 0.25) is 0 Å². The van der Waals surface area contributed by atoms with Crippen LogP contribution in [0.4, 0.5) is 5.69 Å². The smallest absolute Gasteiger partial charge is 0.251 e. The predicted molar refractivity (Wildman–Crippen MR) is 73.8 cm³/mol. The summed E-state index contributed by atoms with van der Waals surface area (Å²) >= 11 is 2.01. The van der Waals surface area contributed by atoms with E-state index in [0.29, 0.717) is 11.6 Å². The summed E-state index contributed by atoms with van der Waals surface area (Å²) in [6, 6.07) is 8.20. The van der Waals surface area contributed by atoms with E-state index in [2.05, 4.69) is 17.6 Å². The molecule has 3 nitrogen and oxygen atoms in total. The minimum Gasteiger partial charge on any atom is -0.381 e. The van der Waals surface area contributed by atoms with E-state index in [1.165, 1.54) is 12.2 Å². The van der Waals surface area contributed by atoms with Crippen LogP contribution < -0.4 is 10.6 Å². The molecule has 2 rings (SSSR count). The van der Waals surface area contributed by atoms with Crippen LogP contribution in [0.5, 0.6) is 0 Å². The van der Waals surface area contributed by atoms with Gasteiger partial charge in [-0.25, -0.2) is 0 Å². The quantitative estimate of drug-likeness (QED) is 0.865. The van der Waals surface area contributed by atoms with E-state index in [1.54, 1.807) is 7.05 Å². The largest absolute Gasteiger partial charge is 0.381 e. The summed E-state index contributed by atoms with van der Waals surface area (Å²) < 4.78 is 0. The van der Waals surface area contributed by atoms with E-state index in [1.807, 2.05) is 36.0 Å². The molecule has 4 heteroatoms. The number of carbonyl (C=O) groups is 1. The summed E-state index contributed by atoms with van der Waals surface area (Å²) in [7, 11) is 1.64. The second-order valence-electron chi connectivity index (χ2n) is 4.38. The average molecular weight is 250 g/mol. The van der Waals surface area contributed by atoms with Crippen LogP contribution in [0.1, 0.15) is 23.7 Å². The fourth-order valence-corrected chi connectivity index (χ4v) is 3.16. The van der Waals surface area contributed by atoms with Gasteiger partial charge in [-0.1, -0.05) is 6.92 Å². The van der Waals surface area contributed by atoms with E-state index in [4.69, 9.17) is 0 Å². The minimum atomic E-state index is -0.0402. The highest BCUT2D eigenvalue weighted by Crippen LogP contribution is 2.28. The molecule has 1 amide bonds. The molecule has 1 fully saturated rings. The van der Waals surface area contributed by atoms with Gasteiger partial charge in [0.1, 0.15) is 0 Å². The Hall–Kier alpha value is -1.16. The first-order chi connectivity index (χ1) is 8.19. The van der Waals surface area contributed by atoms with Crippen LogP contribution in [0, 0.1) is 0 Å². The zero-order chi connectivity index (χ0) is 12.3. The lowest BCUT2D eigenvalue weighted by Crippen LogP contribution is -2.20. The maximum absolute atomic E-state index is 11.4. The second-order valence-corrected chi connectivity index (χ2v) is 5.85. The maximum atomic E-state index is 11.4. The average Bonchev–Trinajstić information content (AvgIpc) is 2.75. The van der Waals surface area contributed by atoms with Gasteiger partial charge in [-0.2, -0.15) is 11.8 Å². The molecule has 2 atom stereocenters. The molecule has 1 aromatic rings. The number of nitrogens with one attached hydrogen (secondary N) is 2. The Morgan fingerprint density at radius 1 is 1.35 bits per heavy atom. The number of thioether (sulfide) groups is 1. The van der Waals surface area contributed by atoms with Gasteiger partial charge in [-0.15, -0.1) is 0 Å². The zero-order valence-corrected chi connectivity index (χ0v) is 11.0. The molecule has 0 saturated carbocycles. The molecule has 0 aromatic heterocycles. The molecule has 1 heterocycles. The molecular formula is C13H18N2OS. The number of anilines is 1. The molecule has 0 spiro atoms. The third-order valence-electron chi connectivity index (χ3n) is 2.94. The van der Waals surface area contributed by atoms with Gasteiger partial charge in [-0.05, 0) is 30.7 Å². The topological polar surface area (TPSA) is 41.1 Å². The standard InChI is InChI=1S/C13H18N2OS/c1-9-7-12(8-17-9)15-11-5-3-10(4-6-11)13(16)14-2/h3-6,9,12,15H,7-8H2,1-2H3,(H,14,16). The highest BCUT2D eigenvalue weighted by Gasteiger charge is 2.21. The lowest BCUT2D eigenvalue weighted by molar-refractivity contribution is 0.0963. The number of amides is 1. The molecule has 1 aliphatic heterocycles. The molecule has 0 radical (unpaired) electrons. The summed E-state index contributed by atoms with van der Waals surface area (Å²) in [5.41, 5.74) is 1.80. The van der Waals surface area contributed by atoms with Gasteiger partial charge in [0.25, 0.3) is 5.91 Å². The Kier molecular flexibility index (Phi) is 3.94. The van der Waals surface area contributed by atoms with Gasteiger partial charge in [0.15, 0.2) is 0 Å². The van der Waals surface area contributed by atoms with Crippen molar-refractivity contribution in [2.24, 2.45) is 0 Å². The Morgan fingerprint density at radius 2 is 2.06 bits per heavy atom. The number of benzene rings is 1. The first-order valence-electron chi connectivity index (χ1n) is 5.89. The van der Waals surface area contributed by atoms with Gasteiger partial charge in [0.2, 0.25) is 0 Å². The van der Waals surface area contributed by atoms with E-state index in [9.17, 15) is 4.79 Å². The number of hydrogen-bond donors (Lipinski definition) is 2. The monoisotopic (exact) mass is 250 g/mol. The fourth-order valence-electron chi connectivity index (χ4n) is 2.02. The fraction of sp³-hybridized carbons (Fsp3) is 0.462. The van der Waals surface area contributed by atoms with E-state index in [0.717, 1.165) is 10.9 Å². The van der Waals surface area contributed by atoms with Crippen molar-refractivity contribution >= 4 is 23.4 Å². The highest BCUT2D eigenvalue weighted by atomic mass is 32.2. The van der Waals surface area contributed by atoms with Gasteiger partial charge in [-0.3, -0.25) is 4.79 Å². The third kappa shape index (κ3) is 3.16. The van der Waals surface area contributed by atoms with Crippen LogP contribution in [0.3, 0.4) is 0 Å². The van der Waals surface area contributed by atoms with Gasteiger partial charge in [0.05, 0.1) is 0 Å². The molecular weight excluding hydrogens is 232 g/mol. The molecule has 1 aliphatic rings. The lowest BCUT2D eigenvalue weighted by atomic mass is 10.1. The van der Waals surface area contributed by atoms with Gasteiger partial charge >= 0.3 is 0 Å². The molecule has 1 aromatic carbocycles. The molecule has 0 bridgehead atoms. The van der Waals surface area contributed by atoms with Crippen LogP contribution in [0.15, 0.2) is 24.3 Å². The molecule has 2 N–H and O–H groups in total.